The van der Waals surface area contributed by atoms with Gasteiger partial charge in [-0.3, -0.25) is 14.2 Å². The van der Waals surface area contributed by atoms with Crippen molar-refractivity contribution in [1.29, 1.82) is 0 Å². The minimum Gasteiger partial charge on any atom is -0.481 e. The highest BCUT2D eigenvalue weighted by atomic mass is 16.4. The molecule has 0 amide bonds. The molecule has 0 aliphatic heterocycles. The topological polar surface area (TPSA) is 85.1 Å². The number of hydrogen-bond donors (Lipinski definition) is 1. The zero-order valence-electron chi connectivity index (χ0n) is 11.6. The van der Waals surface area contributed by atoms with Gasteiger partial charge < -0.3 is 5.11 Å². The molecule has 0 aliphatic rings. The monoisotopic (exact) mass is 275 g/mol. The van der Waals surface area contributed by atoms with E-state index in [9.17, 15) is 9.59 Å². The van der Waals surface area contributed by atoms with Gasteiger partial charge in [0.15, 0.2) is 5.65 Å². The van der Waals surface area contributed by atoms with Gasteiger partial charge in [0.2, 0.25) is 0 Å². The fourth-order valence-corrected chi connectivity index (χ4v) is 2.10. The van der Waals surface area contributed by atoms with Crippen LogP contribution in [0.4, 0.5) is 0 Å². The van der Waals surface area contributed by atoms with Crippen LogP contribution in [0, 0.1) is 6.92 Å². The van der Waals surface area contributed by atoms with Crippen LogP contribution in [0.5, 0.6) is 0 Å². The van der Waals surface area contributed by atoms with Crippen LogP contribution in [0.25, 0.3) is 11.2 Å². The standard InChI is InChI=1S/C14H17N3O3/c1-3-6-17-13-11(7-9(2)8-15-13)16-10(14(17)20)4-5-12(18)19/h7-8H,3-6H2,1-2H3,(H,18,19). The van der Waals surface area contributed by atoms with Crippen LogP contribution in [0.2, 0.25) is 0 Å². The number of carboxylic acid groups (broad SMARTS) is 1. The minimum absolute atomic E-state index is 0.0981. The van der Waals surface area contributed by atoms with Crippen LogP contribution in [0.3, 0.4) is 0 Å². The van der Waals surface area contributed by atoms with Gasteiger partial charge in [-0.05, 0) is 25.0 Å². The molecule has 0 spiro atoms. The molecule has 2 heterocycles. The number of hydrogen-bond acceptors (Lipinski definition) is 4. The Morgan fingerprint density at radius 3 is 2.85 bits per heavy atom. The Hall–Kier alpha value is -2.24. The average Bonchev–Trinajstić information content (AvgIpc) is 2.40. The summed E-state index contributed by atoms with van der Waals surface area (Å²) in [6, 6.07) is 1.86. The highest BCUT2D eigenvalue weighted by molar-refractivity contribution is 5.71. The Kier molecular flexibility index (Phi) is 4.12. The van der Waals surface area contributed by atoms with Crippen molar-refractivity contribution in [3.63, 3.8) is 0 Å². The van der Waals surface area contributed by atoms with Crippen molar-refractivity contribution >= 4 is 17.1 Å². The third kappa shape index (κ3) is 2.84. The van der Waals surface area contributed by atoms with Gasteiger partial charge in [0.25, 0.3) is 5.56 Å². The molecule has 0 aromatic carbocycles. The molecule has 1 N–H and O–H groups in total. The van der Waals surface area contributed by atoms with E-state index < -0.39 is 5.97 Å². The smallest absolute Gasteiger partial charge is 0.303 e. The minimum atomic E-state index is -0.935. The molecular formula is C14H17N3O3. The first-order valence-electron chi connectivity index (χ1n) is 6.60. The summed E-state index contributed by atoms with van der Waals surface area (Å²) in [5, 5.41) is 8.75. The molecule has 0 aliphatic carbocycles. The number of aryl methyl sites for hydroxylation is 3. The van der Waals surface area contributed by atoms with Gasteiger partial charge in [0.1, 0.15) is 11.2 Å². The zero-order valence-corrected chi connectivity index (χ0v) is 11.6. The van der Waals surface area contributed by atoms with Crippen LogP contribution < -0.4 is 5.56 Å². The molecule has 20 heavy (non-hydrogen) atoms. The highest BCUT2D eigenvalue weighted by Crippen LogP contribution is 2.11. The maximum atomic E-state index is 12.3. The largest absolute Gasteiger partial charge is 0.481 e. The Morgan fingerprint density at radius 1 is 1.45 bits per heavy atom. The lowest BCUT2D eigenvalue weighted by Gasteiger charge is -2.10. The Morgan fingerprint density at radius 2 is 2.20 bits per heavy atom. The summed E-state index contributed by atoms with van der Waals surface area (Å²) in [6.45, 7) is 4.43. The molecule has 0 saturated carbocycles. The number of aromatic nitrogens is 3. The van der Waals surface area contributed by atoms with Crippen molar-refractivity contribution in [3.05, 3.63) is 33.9 Å². The number of carbonyl (C=O) groups is 1. The lowest BCUT2D eigenvalue weighted by Crippen LogP contribution is -2.27. The van der Waals surface area contributed by atoms with Crippen LogP contribution in [-0.2, 0) is 17.8 Å². The van der Waals surface area contributed by atoms with E-state index in [1.165, 1.54) is 0 Å². The number of aliphatic carboxylic acids is 1. The third-order valence-electron chi connectivity index (χ3n) is 3.01. The van der Waals surface area contributed by atoms with Crippen LogP contribution in [-0.4, -0.2) is 25.6 Å². The van der Waals surface area contributed by atoms with Crippen molar-refractivity contribution < 1.29 is 9.90 Å². The van der Waals surface area contributed by atoms with Gasteiger partial charge in [-0.2, -0.15) is 0 Å². The first-order chi connectivity index (χ1) is 9.52. The van der Waals surface area contributed by atoms with E-state index in [4.69, 9.17) is 5.11 Å². The molecule has 0 fully saturated rings. The molecule has 0 saturated heterocycles. The van der Waals surface area contributed by atoms with Gasteiger partial charge in [0, 0.05) is 19.2 Å². The Labute approximate surface area is 116 Å². The first kappa shape index (κ1) is 14.2. The van der Waals surface area contributed by atoms with Crippen molar-refractivity contribution in [2.75, 3.05) is 0 Å². The molecule has 2 rings (SSSR count). The number of carboxylic acids is 1. The number of fused-ring (bicyclic) bond motifs is 1. The molecule has 0 unspecified atom stereocenters. The summed E-state index contributed by atoms with van der Waals surface area (Å²) in [6.07, 6.45) is 2.54. The molecule has 0 atom stereocenters. The first-order valence-corrected chi connectivity index (χ1v) is 6.60. The normalized spacial score (nSPS) is 10.9. The van der Waals surface area contributed by atoms with Crippen LogP contribution in [0.1, 0.15) is 31.0 Å². The summed E-state index contributed by atoms with van der Waals surface area (Å²) < 4.78 is 1.58. The van der Waals surface area contributed by atoms with Gasteiger partial charge in [-0.25, -0.2) is 9.97 Å². The van der Waals surface area contributed by atoms with E-state index >= 15 is 0 Å². The van der Waals surface area contributed by atoms with E-state index in [0.717, 1.165) is 12.0 Å². The molecule has 6 heteroatoms. The zero-order chi connectivity index (χ0) is 14.7. The summed E-state index contributed by atoms with van der Waals surface area (Å²) in [5.41, 5.74) is 2.20. The van der Waals surface area contributed by atoms with Gasteiger partial charge >= 0.3 is 5.97 Å². The SMILES string of the molecule is CCCn1c(=O)c(CCC(=O)O)nc2cc(C)cnc21. The number of rotatable bonds is 5. The van der Waals surface area contributed by atoms with Gasteiger partial charge in [-0.15, -0.1) is 0 Å². The molecule has 0 bridgehead atoms. The van der Waals surface area contributed by atoms with Crippen LogP contribution in [0.15, 0.2) is 17.1 Å². The maximum Gasteiger partial charge on any atom is 0.303 e. The van der Waals surface area contributed by atoms with E-state index in [1.54, 1.807) is 10.8 Å². The fraction of sp³-hybridized carbons (Fsp3) is 0.429. The molecule has 2 aromatic heterocycles. The lowest BCUT2D eigenvalue weighted by atomic mass is 10.2. The molecule has 6 nitrogen and oxygen atoms in total. The fourth-order valence-electron chi connectivity index (χ4n) is 2.10. The van der Waals surface area contributed by atoms with Crippen LogP contribution >= 0.6 is 0 Å². The van der Waals surface area contributed by atoms with Gasteiger partial charge in [0.05, 0.1) is 6.42 Å². The number of nitrogens with zero attached hydrogens (tertiary/aromatic N) is 3. The average molecular weight is 275 g/mol. The van der Waals surface area contributed by atoms with Crippen molar-refractivity contribution in [1.82, 2.24) is 14.5 Å². The predicted molar refractivity (Wildman–Crippen MR) is 74.8 cm³/mol. The van der Waals surface area contributed by atoms with E-state index in [2.05, 4.69) is 9.97 Å². The van der Waals surface area contributed by atoms with Crippen molar-refractivity contribution in [2.45, 2.75) is 39.7 Å². The van der Waals surface area contributed by atoms with Crippen molar-refractivity contribution in [3.8, 4) is 0 Å². The third-order valence-corrected chi connectivity index (χ3v) is 3.01. The highest BCUT2D eigenvalue weighted by Gasteiger charge is 2.12. The Balaban J connectivity index is 2.60. The van der Waals surface area contributed by atoms with Crippen molar-refractivity contribution in [2.24, 2.45) is 0 Å². The van der Waals surface area contributed by atoms with E-state index in [-0.39, 0.29) is 18.4 Å². The summed E-state index contributed by atoms with van der Waals surface area (Å²) in [7, 11) is 0. The van der Waals surface area contributed by atoms with E-state index in [1.807, 2.05) is 19.9 Å². The summed E-state index contributed by atoms with van der Waals surface area (Å²) in [4.78, 5) is 31.6. The second-order valence-corrected chi connectivity index (χ2v) is 4.76. The molecule has 106 valence electrons. The molecule has 2 aromatic rings. The molecule has 0 radical (unpaired) electrons. The van der Waals surface area contributed by atoms with E-state index in [0.29, 0.717) is 23.4 Å². The molecular weight excluding hydrogens is 258 g/mol. The second kappa shape index (κ2) is 5.81. The quantitative estimate of drug-likeness (QED) is 0.894. The summed E-state index contributed by atoms with van der Waals surface area (Å²) in [5.74, 6) is -0.935. The lowest BCUT2D eigenvalue weighted by molar-refractivity contribution is -0.136. The van der Waals surface area contributed by atoms with Gasteiger partial charge in [-0.1, -0.05) is 6.92 Å². The summed E-state index contributed by atoms with van der Waals surface area (Å²) >= 11 is 0. The predicted octanol–water partition coefficient (Wildman–Crippen LogP) is 1.53. The maximum absolute atomic E-state index is 12.3. The number of pyridine rings is 1. The Bertz CT molecular complexity index is 707. The second-order valence-electron chi connectivity index (χ2n) is 4.76.